The number of carboxylic acids is 1. The highest BCUT2D eigenvalue weighted by atomic mass is 16.4. The Morgan fingerprint density at radius 1 is 1.27 bits per heavy atom. The van der Waals surface area contributed by atoms with Gasteiger partial charge in [0.15, 0.2) is 0 Å². The molecule has 0 radical (unpaired) electrons. The number of aromatic nitrogens is 2. The van der Waals surface area contributed by atoms with Crippen molar-refractivity contribution >= 4 is 17.8 Å². The maximum absolute atomic E-state index is 12.6. The minimum Gasteiger partial charge on any atom is -0.480 e. The monoisotopic (exact) mass is 369 g/mol. The summed E-state index contributed by atoms with van der Waals surface area (Å²) in [4.78, 5) is 42.7. The van der Waals surface area contributed by atoms with Gasteiger partial charge in [-0.2, -0.15) is 0 Å². The van der Waals surface area contributed by atoms with Gasteiger partial charge in [0, 0.05) is 18.3 Å². The van der Waals surface area contributed by atoms with Gasteiger partial charge in [-0.25, -0.2) is 9.78 Å². The molecule has 5 unspecified atom stereocenters. The fourth-order valence-corrected chi connectivity index (χ4v) is 2.25. The molecule has 0 aliphatic carbocycles. The van der Waals surface area contributed by atoms with Gasteiger partial charge >= 0.3 is 5.97 Å². The Balaban J connectivity index is 2.86. The SMILES string of the molecule is CCC(C)C(NC(=O)C(N)C(C)O)C(=O)NC(Cc1cnc[nH]1)C(=O)O. The summed E-state index contributed by atoms with van der Waals surface area (Å²) in [6.07, 6.45) is 2.39. The normalized spacial score (nSPS) is 16.8. The molecular weight excluding hydrogens is 342 g/mol. The number of H-pyrrole nitrogens is 1. The number of nitrogens with one attached hydrogen (secondary N) is 3. The summed E-state index contributed by atoms with van der Waals surface area (Å²) in [6, 6.07) is -3.34. The molecular formula is C16H27N5O5. The molecule has 1 rings (SSSR count). The number of amides is 2. The molecule has 2 amide bonds. The quantitative estimate of drug-likeness (QED) is 0.299. The van der Waals surface area contributed by atoms with Gasteiger partial charge in [-0.3, -0.25) is 9.59 Å². The second-order valence-electron chi connectivity index (χ2n) is 6.32. The van der Waals surface area contributed by atoms with Crippen molar-refractivity contribution in [2.45, 2.75) is 57.8 Å². The van der Waals surface area contributed by atoms with E-state index < -0.39 is 42.0 Å². The molecule has 0 fully saturated rings. The number of carboxylic acid groups (broad SMARTS) is 1. The Bertz CT molecular complexity index is 604. The number of nitrogens with two attached hydrogens (primary N) is 1. The summed E-state index contributed by atoms with van der Waals surface area (Å²) in [5.74, 6) is -2.78. The number of hydrogen-bond acceptors (Lipinski definition) is 6. The van der Waals surface area contributed by atoms with Gasteiger partial charge in [-0.15, -0.1) is 0 Å². The van der Waals surface area contributed by atoms with Gasteiger partial charge in [-0.1, -0.05) is 20.3 Å². The van der Waals surface area contributed by atoms with Crippen LogP contribution in [0.25, 0.3) is 0 Å². The summed E-state index contributed by atoms with van der Waals surface area (Å²) in [5.41, 5.74) is 6.14. The topological polar surface area (TPSA) is 170 Å². The maximum atomic E-state index is 12.6. The molecule has 146 valence electrons. The lowest BCUT2D eigenvalue weighted by molar-refractivity contribution is -0.142. The van der Waals surface area contributed by atoms with Crippen molar-refractivity contribution in [1.29, 1.82) is 0 Å². The second-order valence-corrected chi connectivity index (χ2v) is 6.32. The van der Waals surface area contributed by atoms with E-state index in [-0.39, 0.29) is 12.3 Å². The number of carbonyl (C=O) groups is 3. The van der Waals surface area contributed by atoms with E-state index in [2.05, 4.69) is 20.6 Å². The molecule has 0 aliphatic rings. The molecule has 10 nitrogen and oxygen atoms in total. The summed E-state index contributed by atoms with van der Waals surface area (Å²) in [5, 5.41) is 23.7. The van der Waals surface area contributed by atoms with Gasteiger partial charge < -0.3 is 31.6 Å². The molecule has 0 saturated carbocycles. The summed E-state index contributed by atoms with van der Waals surface area (Å²) >= 11 is 0. The van der Waals surface area contributed by atoms with Crippen LogP contribution >= 0.6 is 0 Å². The number of aliphatic hydroxyl groups excluding tert-OH is 1. The smallest absolute Gasteiger partial charge is 0.326 e. The van der Waals surface area contributed by atoms with Crippen molar-refractivity contribution in [1.82, 2.24) is 20.6 Å². The molecule has 0 bridgehead atoms. The van der Waals surface area contributed by atoms with Crippen LogP contribution in [0.4, 0.5) is 0 Å². The highest BCUT2D eigenvalue weighted by Gasteiger charge is 2.32. The molecule has 0 spiro atoms. The lowest BCUT2D eigenvalue weighted by Crippen LogP contribution is -2.58. The average Bonchev–Trinajstić information content (AvgIpc) is 3.10. The van der Waals surface area contributed by atoms with Crippen molar-refractivity contribution in [2.24, 2.45) is 11.7 Å². The molecule has 7 N–H and O–H groups in total. The van der Waals surface area contributed by atoms with Gasteiger partial charge in [0.25, 0.3) is 0 Å². The molecule has 0 saturated heterocycles. The van der Waals surface area contributed by atoms with Crippen LogP contribution in [0.15, 0.2) is 12.5 Å². The van der Waals surface area contributed by atoms with Crippen molar-refractivity contribution in [3.63, 3.8) is 0 Å². The predicted molar refractivity (Wildman–Crippen MR) is 92.9 cm³/mol. The van der Waals surface area contributed by atoms with Crippen molar-refractivity contribution in [3.05, 3.63) is 18.2 Å². The van der Waals surface area contributed by atoms with E-state index in [0.717, 1.165) is 0 Å². The van der Waals surface area contributed by atoms with E-state index in [1.807, 2.05) is 6.92 Å². The minimum absolute atomic E-state index is 0.0232. The Morgan fingerprint density at radius 3 is 2.38 bits per heavy atom. The zero-order valence-corrected chi connectivity index (χ0v) is 15.1. The molecule has 1 aromatic heterocycles. The summed E-state index contributed by atoms with van der Waals surface area (Å²) < 4.78 is 0. The fourth-order valence-electron chi connectivity index (χ4n) is 2.25. The van der Waals surface area contributed by atoms with Crippen LogP contribution < -0.4 is 16.4 Å². The number of rotatable bonds is 10. The maximum Gasteiger partial charge on any atom is 0.326 e. The Morgan fingerprint density at radius 2 is 1.92 bits per heavy atom. The van der Waals surface area contributed by atoms with Crippen LogP contribution in [0.5, 0.6) is 0 Å². The molecule has 5 atom stereocenters. The zero-order valence-electron chi connectivity index (χ0n) is 15.1. The van der Waals surface area contributed by atoms with Gasteiger partial charge in [0.1, 0.15) is 18.1 Å². The van der Waals surface area contributed by atoms with E-state index in [9.17, 15) is 24.6 Å². The number of carbonyl (C=O) groups excluding carboxylic acids is 2. The lowest BCUT2D eigenvalue weighted by atomic mass is 9.97. The highest BCUT2D eigenvalue weighted by Crippen LogP contribution is 2.10. The van der Waals surface area contributed by atoms with Crippen molar-refractivity contribution in [3.8, 4) is 0 Å². The third-order valence-electron chi connectivity index (χ3n) is 4.21. The standard InChI is InChI=1S/C16H27N5O5/c1-4-8(2)13(21-14(23)12(17)9(3)22)15(24)20-11(16(25)26)5-10-6-18-7-19-10/h6-9,11-13,22H,4-5,17H2,1-3H3,(H,18,19)(H,20,24)(H,21,23)(H,25,26). The number of nitrogens with zero attached hydrogens (tertiary/aromatic N) is 1. The van der Waals surface area contributed by atoms with Gasteiger partial charge in [-0.05, 0) is 12.8 Å². The van der Waals surface area contributed by atoms with Crippen LogP contribution in [0.2, 0.25) is 0 Å². The Kier molecular flexibility index (Phi) is 8.20. The minimum atomic E-state index is -1.21. The van der Waals surface area contributed by atoms with Crippen LogP contribution in [0.1, 0.15) is 32.9 Å². The van der Waals surface area contributed by atoms with E-state index in [4.69, 9.17) is 5.73 Å². The Labute approximate surface area is 151 Å². The molecule has 26 heavy (non-hydrogen) atoms. The number of aliphatic carboxylic acids is 1. The number of aliphatic hydroxyl groups is 1. The van der Waals surface area contributed by atoms with Gasteiger partial charge in [0.2, 0.25) is 11.8 Å². The molecule has 0 aromatic carbocycles. The van der Waals surface area contributed by atoms with E-state index >= 15 is 0 Å². The first-order valence-electron chi connectivity index (χ1n) is 8.41. The fraction of sp³-hybridized carbons (Fsp3) is 0.625. The van der Waals surface area contributed by atoms with Crippen LogP contribution in [0.3, 0.4) is 0 Å². The number of hydrogen-bond donors (Lipinski definition) is 6. The first-order valence-corrected chi connectivity index (χ1v) is 8.41. The van der Waals surface area contributed by atoms with E-state index in [1.165, 1.54) is 19.4 Å². The van der Waals surface area contributed by atoms with Crippen LogP contribution in [-0.4, -0.2) is 62.2 Å². The van der Waals surface area contributed by atoms with Crippen molar-refractivity contribution < 1.29 is 24.6 Å². The molecule has 10 heteroatoms. The highest BCUT2D eigenvalue weighted by molar-refractivity contribution is 5.92. The average molecular weight is 369 g/mol. The van der Waals surface area contributed by atoms with Gasteiger partial charge in [0.05, 0.1) is 12.4 Å². The second kappa shape index (κ2) is 9.88. The zero-order chi connectivity index (χ0) is 19.9. The third-order valence-corrected chi connectivity index (χ3v) is 4.21. The van der Waals surface area contributed by atoms with Crippen molar-refractivity contribution in [2.75, 3.05) is 0 Å². The first kappa shape index (κ1) is 21.6. The van der Waals surface area contributed by atoms with Crippen LogP contribution in [0, 0.1) is 5.92 Å². The summed E-state index contributed by atoms with van der Waals surface area (Å²) in [6.45, 7) is 4.96. The van der Waals surface area contributed by atoms with E-state index in [1.54, 1.807) is 6.92 Å². The lowest BCUT2D eigenvalue weighted by Gasteiger charge is -2.27. The largest absolute Gasteiger partial charge is 0.480 e. The molecule has 1 heterocycles. The first-order chi connectivity index (χ1) is 12.2. The third kappa shape index (κ3) is 6.12. The number of aromatic amines is 1. The number of imidazole rings is 1. The molecule has 0 aliphatic heterocycles. The summed E-state index contributed by atoms with van der Waals surface area (Å²) in [7, 11) is 0. The Hall–Kier alpha value is -2.46. The van der Waals surface area contributed by atoms with Crippen LogP contribution in [-0.2, 0) is 20.8 Å². The molecule has 1 aromatic rings. The predicted octanol–water partition coefficient (Wildman–Crippen LogP) is -1.24. The van der Waals surface area contributed by atoms with E-state index in [0.29, 0.717) is 12.1 Å².